The average Bonchev–Trinajstić information content (AvgIpc) is 2.93. The van der Waals surface area contributed by atoms with E-state index >= 15 is 0 Å². The smallest absolute Gasteiger partial charge is 0.325 e. The predicted octanol–water partition coefficient (Wildman–Crippen LogP) is 2.90. The first-order valence-corrected chi connectivity index (χ1v) is 9.81. The third kappa shape index (κ3) is 3.06. The highest BCUT2D eigenvalue weighted by Gasteiger charge is 2.71. The SMILES string of the molecule is CCOc1ccc([C@H](COC)N2C(=O)N[C@]3(C[C@@H](OCC)C3(C)C)C2=O)cc1. The Balaban J connectivity index is 1.88. The van der Waals surface area contributed by atoms with Crippen molar-refractivity contribution in [3.05, 3.63) is 29.8 Å². The van der Waals surface area contributed by atoms with Crippen LogP contribution >= 0.6 is 0 Å². The molecule has 2 fully saturated rings. The Labute approximate surface area is 166 Å². The van der Waals surface area contributed by atoms with E-state index < -0.39 is 17.0 Å². The Morgan fingerprint density at radius 1 is 1.18 bits per heavy atom. The van der Waals surface area contributed by atoms with Crippen molar-refractivity contribution < 1.29 is 23.8 Å². The summed E-state index contributed by atoms with van der Waals surface area (Å²) in [5.74, 6) is 0.533. The van der Waals surface area contributed by atoms with E-state index in [0.717, 1.165) is 11.3 Å². The summed E-state index contributed by atoms with van der Waals surface area (Å²) >= 11 is 0. The summed E-state index contributed by atoms with van der Waals surface area (Å²) in [5.41, 5.74) is -0.591. The minimum absolute atomic E-state index is 0.0620. The maximum absolute atomic E-state index is 13.5. The molecule has 1 heterocycles. The molecule has 1 aliphatic carbocycles. The summed E-state index contributed by atoms with van der Waals surface area (Å²) in [6, 6.07) is 6.53. The summed E-state index contributed by atoms with van der Waals surface area (Å²) in [4.78, 5) is 27.6. The lowest BCUT2D eigenvalue weighted by Crippen LogP contribution is -2.73. The molecule has 3 rings (SSSR count). The van der Waals surface area contributed by atoms with Crippen LogP contribution in [-0.4, -0.2) is 55.4 Å². The van der Waals surface area contributed by atoms with Crippen molar-refractivity contribution >= 4 is 11.9 Å². The Morgan fingerprint density at radius 2 is 1.86 bits per heavy atom. The van der Waals surface area contributed by atoms with E-state index in [1.165, 1.54) is 4.90 Å². The van der Waals surface area contributed by atoms with E-state index in [2.05, 4.69) is 5.32 Å². The Morgan fingerprint density at radius 3 is 2.39 bits per heavy atom. The fraction of sp³-hybridized carbons (Fsp3) is 0.619. The number of methoxy groups -OCH3 is 1. The van der Waals surface area contributed by atoms with Crippen LogP contribution < -0.4 is 10.1 Å². The van der Waals surface area contributed by atoms with Gasteiger partial charge in [-0.25, -0.2) is 4.79 Å². The average molecular weight is 390 g/mol. The molecule has 7 heteroatoms. The van der Waals surface area contributed by atoms with Crippen molar-refractivity contribution in [2.75, 3.05) is 26.9 Å². The number of carbonyl (C=O) groups is 2. The molecule has 7 nitrogen and oxygen atoms in total. The number of hydrogen-bond donors (Lipinski definition) is 1. The minimum atomic E-state index is -0.929. The molecular weight excluding hydrogens is 360 g/mol. The van der Waals surface area contributed by atoms with Gasteiger partial charge in [0.2, 0.25) is 0 Å². The van der Waals surface area contributed by atoms with Crippen molar-refractivity contribution in [1.82, 2.24) is 10.2 Å². The van der Waals surface area contributed by atoms with Crippen LogP contribution in [0.5, 0.6) is 5.75 Å². The maximum atomic E-state index is 13.5. The van der Waals surface area contributed by atoms with Gasteiger partial charge < -0.3 is 19.5 Å². The van der Waals surface area contributed by atoms with Gasteiger partial charge in [0, 0.05) is 25.6 Å². The number of nitrogens with zero attached hydrogens (tertiary/aromatic N) is 1. The van der Waals surface area contributed by atoms with Gasteiger partial charge in [0.25, 0.3) is 5.91 Å². The quantitative estimate of drug-likeness (QED) is 0.691. The number of imide groups is 1. The number of carbonyl (C=O) groups excluding carboxylic acids is 2. The summed E-state index contributed by atoms with van der Waals surface area (Å²) in [5, 5.41) is 2.96. The first-order valence-electron chi connectivity index (χ1n) is 9.81. The minimum Gasteiger partial charge on any atom is -0.494 e. The zero-order chi connectivity index (χ0) is 20.5. The molecule has 1 aromatic carbocycles. The van der Waals surface area contributed by atoms with Gasteiger partial charge in [-0.05, 0) is 31.5 Å². The van der Waals surface area contributed by atoms with Crippen LogP contribution in [0.4, 0.5) is 4.79 Å². The van der Waals surface area contributed by atoms with Crippen LogP contribution in [0.3, 0.4) is 0 Å². The molecule has 3 atom stereocenters. The van der Waals surface area contributed by atoms with Gasteiger partial charge in [0.05, 0.1) is 25.4 Å². The molecule has 2 aliphatic rings. The van der Waals surface area contributed by atoms with Crippen molar-refractivity contribution in [3.63, 3.8) is 0 Å². The highest BCUT2D eigenvalue weighted by atomic mass is 16.5. The first-order chi connectivity index (χ1) is 13.3. The second-order valence-electron chi connectivity index (χ2n) is 7.85. The zero-order valence-electron chi connectivity index (χ0n) is 17.3. The summed E-state index contributed by atoms with van der Waals surface area (Å²) < 4.78 is 16.6. The number of urea groups is 1. The maximum Gasteiger partial charge on any atom is 0.325 e. The molecule has 1 spiro atoms. The molecule has 1 saturated heterocycles. The van der Waals surface area contributed by atoms with Gasteiger partial charge in [-0.3, -0.25) is 9.69 Å². The lowest BCUT2D eigenvalue weighted by Gasteiger charge is -2.57. The lowest BCUT2D eigenvalue weighted by atomic mass is 9.54. The van der Waals surface area contributed by atoms with Crippen LogP contribution in [0, 0.1) is 5.41 Å². The summed E-state index contributed by atoms with van der Waals surface area (Å²) in [6.07, 6.45) is 0.422. The number of amides is 3. The van der Waals surface area contributed by atoms with Crippen molar-refractivity contribution in [3.8, 4) is 5.75 Å². The molecule has 1 aromatic rings. The molecule has 1 aliphatic heterocycles. The number of ether oxygens (including phenoxy) is 3. The van der Waals surface area contributed by atoms with Crippen LogP contribution in [-0.2, 0) is 14.3 Å². The monoisotopic (exact) mass is 390 g/mol. The van der Waals surface area contributed by atoms with Crippen LogP contribution in [0.1, 0.15) is 45.7 Å². The number of hydrogen-bond acceptors (Lipinski definition) is 5. The molecule has 28 heavy (non-hydrogen) atoms. The van der Waals surface area contributed by atoms with E-state index in [4.69, 9.17) is 14.2 Å². The molecule has 0 radical (unpaired) electrons. The molecular formula is C21H30N2O5. The standard InChI is InChI=1S/C21H30N2O5/c1-6-27-15-10-8-14(9-11-15)16(13-26-5)23-18(24)21(22-19(23)25)12-17(28-7-2)20(21,3)4/h8-11,16-17H,6-7,12-13H2,1-5H3,(H,22,25)/t16-,17+,21+/m0/s1. The van der Waals surface area contributed by atoms with Gasteiger partial charge in [-0.1, -0.05) is 26.0 Å². The van der Waals surface area contributed by atoms with Gasteiger partial charge in [-0.2, -0.15) is 0 Å². The summed E-state index contributed by atoms with van der Waals surface area (Å²) in [7, 11) is 1.56. The topological polar surface area (TPSA) is 77.1 Å². The molecule has 0 unspecified atom stereocenters. The Bertz CT molecular complexity index is 733. The van der Waals surface area contributed by atoms with E-state index in [1.807, 2.05) is 52.0 Å². The number of benzene rings is 1. The fourth-order valence-corrected chi connectivity index (χ4v) is 4.29. The fourth-order valence-electron chi connectivity index (χ4n) is 4.29. The van der Waals surface area contributed by atoms with Gasteiger partial charge in [0.15, 0.2) is 0 Å². The number of nitrogens with one attached hydrogen (secondary N) is 1. The molecule has 154 valence electrons. The molecule has 3 amide bonds. The lowest BCUT2D eigenvalue weighted by molar-refractivity contribution is -0.176. The molecule has 0 bridgehead atoms. The Hall–Kier alpha value is -2.12. The van der Waals surface area contributed by atoms with Crippen molar-refractivity contribution in [1.29, 1.82) is 0 Å². The molecule has 1 saturated carbocycles. The predicted molar refractivity (Wildman–Crippen MR) is 104 cm³/mol. The summed E-state index contributed by atoms with van der Waals surface area (Å²) in [6.45, 7) is 9.17. The van der Waals surface area contributed by atoms with Crippen LogP contribution in [0.15, 0.2) is 24.3 Å². The van der Waals surface area contributed by atoms with E-state index in [9.17, 15) is 9.59 Å². The van der Waals surface area contributed by atoms with Crippen molar-refractivity contribution in [2.24, 2.45) is 5.41 Å². The van der Waals surface area contributed by atoms with Crippen molar-refractivity contribution in [2.45, 2.75) is 51.8 Å². The van der Waals surface area contributed by atoms with Crippen LogP contribution in [0.2, 0.25) is 0 Å². The molecule has 0 aromatic heterocycles. The largest absolute Gasteiger partial charge is 0.494 e. The van der Waals surface area contributed by atoms with E-state index in [-0.39, 0.29) is 24.6 Å². The van der Waals surface area contributed by atoms with E-state index in [1.54, 1.807) is 7.11 Å². The first kappa shape index (κ1) is 20.6. The molecule has 1 N–H and O–H groups in total. The van der Waals surface area contributed by atoms with Gasteiger partial charge >= 0.3 is 6.03 Å². The highest BCUT2D eigenvalue weighted by Crippen LogP contribution is 2.54. The van der Waals surface area contributed by atoms with Crippen LogP contribution in [0.25, 0.3) is 0 Å². The highest BCUT2D eigenvalue weighted by molar-refractivity contribution is 6.09. The number of rotatable bonds is 8. The van der Waals surface area contributed by atoms with Gasteiger partial charge in [0.1, 0.15) is 11.3 Å². The Kier molecular flexibility index (Phi) is 5.68. The zero-order valence-corrected chi connectivity index (χ0v) is 17.3. The van der Waals surface area contributed by atoms with Gasteiger partial charge in [-0.15, -0.1) is 0 Å². The third-order valence-corrected chi connectivity index (χ3v) is 6.10. The third-order valence-electron chi connectivity index (χ3n) is 6.10. The normalized spacial score (nSPS) is 26.9. The second-order valence-corrected chi connectivity index (χ2v) is 7.85. The second kappa shape index (κ2) is 7.72. The van der Waals surface area contributed by atoms with E-state index in [0.29, 0.717) is 19.6 Å².